The average Bonchev–Trinajstić information content (AvgIpc) is 3.13. The Morgan fingerprint density at radius 1 is 1.12 bits per heavy atom. The molecule has 1 atom stereocenters. The van der Waals surface area contributed by atoms with Gasteiger partial charge in [-0.3, -0.25) is 9.69 Å². The second kappa shape index (κ2) is 9.42. The summed E-state index contributed by atoms with van der Waals surface area (Å²) in [6.45, 7) is 5.99. The van der Waals surface area contributed by atoms with Crippen molar-refractivity contribution in [2.75, 3.05) is 44.7 Å². The molecule has 0 saturated carbocycles. The van der Waals surface area contributed by atoms with Gasteiger partial charge in [-0.05, 0) is 44.9 Å². The van der Waals surface area contributed by atoms with Crippen LogP contribution in [0.3, 0.4) is 0 Å². The van der Waals surface area contributed by atoms with E-state index >= 15 is 0 Å². The topological polar surface area (TPSA) is 88.1 Å². The Bertz CT molecular complexity index is 978. The Morgan fingerprint density at radius 2 is 1.88 bits per heavy atom. The zero-order valence-corrected chi connectivity index (χ0v) is 18.8. The number of carbonyl (C=O) groups is 2. The highest BCUT2D eigenvalue weighted by molar-refractivity contribution is 5.97. The molecule has 2 saturated heterocycles. The van der Waals surface area contributed by atoms with Crippen LogP contribution in [-0.2, 0) is 4.79 Å². The normalized spacial score (nSPS) is 18.8. The minimum absolute atomic E-state index is 0.0528. The number of hydrogen-bond donors (Lipinski definition) is 0. The average molecular weight is 440 g/mol. The van der Waals surface area contributed by atoms with Crippen LogP contribution in [0.4, 0.5) is 10.5 Å². The first-order valence-corrected chi connectivity index (χ1v) is 10.9. The molecule has 4 rings (SSSR count). The number of urea groups is 1. The Kier molecular flexibility index (Phi) is 6.43. The molecule has 0 spiro atoms. The Morgan fingerprint density at radius 3 is 2.62 bits per heavy atom. The van der Waals surface area contributed by atoms with E-state index < -0.39 is 0 Å². The van der Waals surface area contributed by atoms with E-state index in [0.717, 1.165) is 29.9 Å². The number of benzene rings is 1. The fourth-order valence-corrected chi connectivity index (χ4v) is 4.23. The third kappa shape index (κ3) is 4.76. The molecule has 3 amide bonds. The highest BCUT2D eigenvalue weighted by atomic mass is 16.5. The summed E-state index contributed by atoms with van der Waals surface area (Å²) in [5, 5.41) is 0. The minimum Gasteiger partial charge on any atom is -0.495 e. The molecule has 0 aliphatic carbocycles. The maximum atomic E-state index is 13.0. The van der Waals surface area contributed by atoms with E-state index in [0.29, 0.717) is 37.9 Å². The third-order valence-electron chi connectivity index (χ3n) is 5.76. The van der Waals surface area contributed by atoms with E-state index in [4.69, 9.17) is 9.47 Å². The zero-order chi connectivity index (χ0) is 22.7. The number of carbonyl (C=O) groups excluding carboxylic acids is 2. The van der Waals surface area contributed by atoms with Crippen LogP contribution in [0.2, 0.25) is 0 Å². The number of aryl methyl sites for hydroxylation is 2. The first-order valence-electron chi connectivity index (χ1n) is 10.9. The first-order chi connectivity index (χ1) is 15.4. The van der Waals surface area contributed by atoms with E-state index in [1.165, 1.54) is 0 Å². The molecule has 1 aromatic carbocycles. The molecular formula is C23H29N5O4. The largest absolute Gasteiger partial charge is 0.495 e. The lowest BCUT2D eigenvalue weighted by atomic mass is 10.1. The van der Waals surface area contributed by atoms with Crippen LogP contribution in [0, 0.1) is 13.8 Å². The SMILES string of the molecule is COc1ccccc1N1CCN(CC(=O)N2CCCC(Oc3nc(C)cc(C)n3)C2)C1=O. The van der Waals surface area contributed by atoms with E-state index in [-0.39, 0.29) is 24.6 Å². The number of hydrogen-bond acceptors (Lipinski definition) is 6. The highest BCUT2D eigenvalue weighted by Gasteiger charge is 2.34. The van der Waals surface area contributed by atoms with Crippen LogP contribution >= 0.6 is 0 Å². The minimum atomic E-state index is -0.184. The van der Waals surface area contributed by atoms with E-state index in [2.05, 4.69) is 9.97 Å². The number of piperidine rings is 1. The van der Waals surface area contributed by atoms with Crippen LogP contribution in [0.15, 0.2) is 30.3 Å². The van der Waals surface area contributed by atoms with E-state index in [9.17, 15) is 9.59 Å². The fraction of sp³-hybridized carbons (Fsp3) is 0.478. The van der Waals surface area contributed by atoms with Crippen LogP contribution < -0.4 is 14.4 Å². The molecule has 9 nitrogen and oxygen atoms in total. The number of para-hydroxylation sites is 2. The lowest BCUT2D eigenvalue weighted by molar-refractivity contribution is -0.134. The number of methoxy groups -OCH3 is 1. The second-order valence-corrected chi connectivity index (χ2v) is 8.18. The van der Waals surface area contributed by atoms with Gasteiger partial charge in [0.2, 0.25) is 5.91 Å². The van der Waals surface area contributed by atoms with Crippen molar-refractivity contribution < 1.29 is 19.1 Å². The van der Waals surface area contributed by atoms with Gasteiger partial charge < -0.3 is 19.3 Å². The number of ether oxygens (including phenoxy) is 2. The molecule has 170 valence electrons. The standard InChI is InChI=1S/C23H29N5O4/c1-16-13-17(2)25-22(24-16)32-18-7-6-10-26(14-18)21(29)15-27-11-12-28(23(27)30)19-8-4-5-9-20(19)31-3/h4-5,8-9,13,18H,6-7,10-12,14-15H2,1-3H3. The molecule has 0 bridgehead atoms. The molecule has 3 heterocycles. The smallest absolute Gasteiger partial charge is 0.325 e. The summed E-state index contributed by atoms with van der Waals surface area (Å²) in [5.41, 5.74) is 2.42. The van der Waals surface area contributed by atoms with Gasteiger partial charge in [0.25, 0.3) is 0 Å². The molecule has 32 heavy (non-hydrogen) atoms. The quantitative estimate of drug-likeness (QED) is 0.687. The third-order valence-corrected chi connectivity index (χ3v) is 5.76. The predicted molar refractivity (Wildman–Crippen MR) is 119 cm³/mol. The van der Waals surface area contributed by atoms with Crippen molar-refractivity contribution >= 4 is 17.6 Å². The van der Waals surface area contributed by atoms with Crippen molar-refractivity contribution in [3.8, 4) is 11.8 Å². The molecule has 2 aromatic rings. The predicted octanol–water partition coefficient (Wildman–Crippen LogP) is 2.41. The van der Waals surface area contributed by atoms with Crippen molar-refractivity contribution in [1.29, 1.82) is 0 Å². The number of rotatable bonds is 6. The Labute approximate surface area is 187 Å². The summed E-state index contributed by atoms with van der Waals surface area (Å²) in [6, 6.07) is 9.47. The van der Waals surface area contributed by atoms with Gasteiger partial charge in [0, 0.05) is 31.0 Å². The molecule has 2 fully saturated rings. The van der Waals surface area contributed by atoms with Crippen molar-refractivity contribution in [1.82, 2.24) is 19.8 Å². The molecule has 9 heteroatoms. The number of anilines is 1. The van der Waals surface area contributed by atoms with Crippen molar-refractivity contribution in [3.05, 3.63) is 41.7 Å². The maximum absolute atomic E-state index is 13.0. The lowest BCUT2D eigenvalue weighted by Crippen LogP contribution is -2.48. The number of aromatic nitrogens is 2. The van der Waals surface area contributed by atoms with Gasteiger partial charge in [-0.15, -0.1) is 0 Å². The number of amides is 3. The molecule has 1 aromatic heterocycles. The molecule has 2 aliphatic heterocycles. The summed E-state index contributed by atoms with van der Waals surface area (Å²) < 4.78 is 11.4. The summed E-state index contributed by atoms with van der Waals surface area (Å²) >= 11 is 0. The highest BCUT2D eigenvalue weighted by Crippen LogP contribution is 2.30. The molecular weight excluding hydrogens is 410 g/mol. The Balaban J connectivity index is 1.36. The van der Waals surface area contributed by atoms with Gasteiger partial charge in [0.05, 0.1) is 19.3 Å². The molecule has 0 N–H and O–H groups in total. The van der Waals surface area contributed by atoms with Crippen LogP contribution in [0.1, 0.15) is 24.2 Å². The van der Waals surface area contributed by atoms with Crippen molar-refractivity contribution in [2.24, 2.45) is 0 Å². The van der Waals surface area contributed by atoms with Crippen LogP contribution in [0.5, 0.6) is 11.8 Å². The van der Waals surface area contributed by atoms with E-state index in [1.807, 2.05) is 44.2 Å². The number of likely N-dealkylation sites (tertiary alicyclic amines) is 1. The van der Waals surface area contributed by atoms with E-state index in [1.54, 1.807) is 21.8 Å². The second-order valence-electron chi connectivity index (χ2n) is 8.18. The monoisotopic (exact) mass is 439 g/mol. The maximum Gasteiger partial charge on any atom is 0.325 e. The molecule has 1 unspecified atom stereocenters. The van der Waals surface area contributed by atoms with Gasteiger partial charge in [0.15, 0.2) is 0 Å². The summed E-state index contributed by atoms with van der Waals surface area (Å²) in [6.07, 6.45) is 1.51. The summed E-state index contributed by atoms with van der Waals surface area (Å²) in [7, 11) is 1.58. The first kappa shape index (κ1) is 21.9. The molecule has 2 aliphatic rings. The van der Waals surface area contributed by atoms with Crippen molar-refractivity contribution in [3.63, 3.8) is 0 Å². The van der Waals surface area contributed by atoms with Crippen molar-refractivity contribution in [2.45, 2.75) is 32.8 Å². The number of nitrogens with zero attached hydrogens (tertiary/aromatic N) is 5. The lowest BCUT2D eigenvalue weighted by Gasteiger charge is -2.33. The summed E-state index contributed by atoms with van der Waals surface area (Å²) in [5.74, 6) is 0.563. The fourth-order valence-electron chi connectivity index (χ4n) is 4.23. The Hall–Kier alpha value is -3.36. The van der Waals surface area contributed by atoms with Gasteiger partial charge >= 0.3 is 12.0 Å². The van der Waals surface area contributed by atoms with Gasteiger partial charge in [0.1, 0.15) is 18.4 Å². The molecule has 0 radical (unpaired) electrons. The van der Waals surface area contributed by atoms with Gasteiger partial charge in [-0.2, -0.15) is 0 Å². The zero-order valence-electron chi connectivity index (χ0n) is 18.8. The van der Waals surface area contributed by atoms with Crippen LogP contribution in [-0.4, -0.2) is 77.6 Å². The van der Waals surface area contributed by atoms with Gasteiger partial charge in [-0.1, -0.05) is 12.1 Å². The summed E-state index contributed by atoms with van der Waals surface area (Å²) in [4.78, 5) is 39.6. The van der Waals surface area contributed by atoms with Gasteiger partial charge in [-0.25, -0.2) is 14.8 Å². The van der Waals surface area contributed by atoms with Crippen LogP contribution in [0.25, 0.3) is 0 Å².